The van der Waals surface area contributed by atoms with E-state index in [-0.39, 0.29) is 12.5 Å². The number of anilines is 1. The molecule has 0 spiro atoms. The van der Waals surface area contributed by atoms with E-state index in [1.54, 1.807) is 31.2 Å². The molecule has 0 saturated carbocycles. The van der Waals surface area contributed by atoms with Gasteiger partial charge < -0.3 is 15.4 Å². The molecular weight excluding hydrogens is 342 g/mol. The average Bonchev–Trinajstić information content (AvgIpc) is 2.62. The van der Waals surface area contributed by atoms with Gasteiger partial charge in [0, 0.05) is 5.69 Å². The number of hydrogen-bond acceptors (Lipinski definition) is 4. The van der Waals surface area contributed by atoms with Crippen LogP contribution in [0.3, 0.4) is 0 Å². The molecule has 0 bridgehead atoms. The first-order chi connectivity index (χ1) is 12.8. The number of benzene rings is 2. The van der Waals surface area contributed by atoms with Gasteiger partial charge in [-0.2, -0.15) is 5.26 Å². The fourth-order valence-corrected chi connectivity index (χ4v) is 2.77. The van der Waals surface area contributed by atoms with Gasteiger partial charge in [0.05, 0.1) is 18.2 Å². The van der Waals surface area contributed by atoms with Crippen LogP contribution < -0.4 is 15.4 Å². The molecule has 2 aromatic carbocycles. The molecule has 2 aromatic rings. The highest BCUT2D eigenvalue weighted by Gasteiger charge is 2.16. The zero-order valence-corrected chi connectivity index (χ0v) is 15.9. The molecule has 0 aliphatic carbocycles. The topological polar surface area (TPSA) is 91.2 Å². The molecule has 2 rings (SSSR count). The Morgan fingerprint density at radius 2 is 1.81 bits per heavy atom. The number of carbonyl (C=O) groups excluding carboxylic acids is 2. The van der Waals surface area contributed by atoms with E-state index in [4.69, 9.17) is 10.00 Å². The molecule has 2 N–H and O–H groups in total. The van der Waals surface area contributed by atoms with Crippen LogP contribution in [-0.4, -0.2) is 24.5 Å². The fourth-order valence-electron chi connectivity index (χ4n) is 2.77. The van der Waals surface area contributed by atoms with Crippen LogP contribution in [0.5, 0.6) is 5.75 Å². The van der Waals surface area contributed by atoms with Crippen molar-refractivity contribution < 1.29 is 14.3 Å². The molecule has 0 aromatic heterocycles. The van der Waals surface area contributed by atoms with Crippen molar-refractivity contribution >= 4 is 17.5 Å². The summed E-state index contributed by atoms with van der Waals surface area (Å²) in [5.41, 5.74) is 4.28. The van der Waals surface area contributed by atoms with Gasteiger partial charge in [0.15, 0.2) is 6.10 Å². The number of hydrogen-bond donors (Lipinski definition) is 2. The van der Waals surface area contributed by atoms with Crippen LogP contribution >= 0.6 is 0 Å². The lowest BCUT2D eigenvalue weighted by molar-refractivity contribution is -0.129. The highest BCUT2D eigenvalue weighted by molar-refractivity contribution is 5.96. The molecule has 1 unspecified atom stereocenters. The van der Waals surface area contributed by atoms with Crippen LogP contribution in [0.4, 0.5) is 5.69 Å². The van der Waals surface area contributed by atoms with Gasteiger partial charge in [0.25, 0.3) is 5.91 Å². The standard InChI is InChI=1S/C21H23N3O3/c1-13-8-14(2)20(15(3)9-13)24-19(25)12-23-21(26)16(4)27-18-7-5-6-17(10-18)11-22/h5-10,16H,12H2,1-4H3,(H,23,26)(H,24,25). The lowest BCUT2D eigenvalue weighted by Crippen LogP contribution is -2.40. The van der Waals surface area contributed by atoms with Crippen molar-refractivity contribution in [3.63, 3.8) is 0 Å². The Balaban J connectivity index is 1.89. The minimum atomic E-state index is -0.797. The number of carbonyl (C=O) groups is 2. The number of nitrogens with one attached hydrogen (secondary N) is 2. The smallest absolute Gasteiger partial charge is 0.261 e. The van der Waals surface area contributed by atoms with Crippen molar-refractivity contribution in [1.29, 1.82) is 5.26 Å². The number of ether oxygens (including phenoxy) is 1. The second-order valence-corrected chi connectivity index (χ2v) is 6.44. The van der Waals surface area contributed by atoms with E-state index in [0.29, 0.717) is 11.3 Å². The summed E-state index contributed by atoms with van der Waals surface area (Å²) in [4.78, 5) is 24.3. The van der Waals surface area contributed by atoms with E-state index in [0.717, 1.165) is 22.4 Å². The van der Waals surface area contributed by atoms with E-state index in [1.807, 2.05) is 39.0 Å². The fraction of sp³-hybridized carbons (Fsp3) is 0.286. The summed E-state index contributed by atoms with van der Waals surface area (Å²) >= 11 is 0. The lowest BCUT2D eigenvalue weighted by Gasteiger charge is -2.16. The van der Waals surface area contributed by atoms with Crippen LogP contribution in [0.1, 0.15) is 29.2 Å². The van der Waals surface area contributed by atoms with E-state index in [2.05, 4.69) is 10.6 Å². The van der Waals surface area contributed by atoms with Crippen LogP contribution in [0.15, 0.2) is 36.4 Å². The van der Waals surface area contributed by atoms with Gasteiger partial charge in [0.2, 0.25) is 5.91 Å². The molecule has 1 atom stereocenters. The summed E-state index contributed by atoms with van der Waals surface area (Å²) in [6.07, 6.45) is -0.797. The second kappa shape index (κ2) is 8.86. The maximum absolute atomic E-state index is 12.2. The second-order valence-electron chi connectivity index (χ2n) is 6.44. The maximum atomic E-state index is 12.2. The normalized spacial score (nSPS) is 11.2. The molecule has 27 heavy (non-hydrogen) atoms. The Morgan fingerprint density at radius 3 is 2.44 bits per heavy atom. The van der Waals surface area contributed by atoms with Gasteiger partial charge in [0.1, 0.15) is 5.75 Å². The predicted molar refractivity (Wildman–Crippen MR) is 104 cm³/mol. The monoisotopic (exact) mass is 365 g/mol. The number of aryl methyl sites for hydroxylation is 3. The minimum absolute atomic E-state index is 0.155. The molecule has 6 nitrogen and oxygen atoms in total. The van der Waals surface area contributed by atoms with Gasteiger partial charge in [-0.1, -0.05) is 23.8 Å². The first kappa shape index (κ1) is 20.0. The summed E-state index contributed by atoms with van der Waals surface area (Å²) in [6.45, 7) is 7.29. The van der Waals surface area contributed by atoms with Crippen molar-refractivity contribution in [1.82, 2.24) is 5.32 Å². The summed E-state index contributed by atoms with van der Waals surface area (Å²) in [6, 6.07) is 12.5. The molecule has 0 aliphatic rings. The molecule has 6 heteroatoms. The first-order valence-electron chi connectivity index (χ1n) is 8.62. The third-order valence-corrected chi connectivity index (χ3v) is 4.01. The minimum Gasteiger partial charge on any atom is -0.481 e. The van der Waals surface area contributed by atoms with E-state index in [1.165, 1.54) is 0 Å². The van der Waals surface area contributed by atoms with E-state index >= 15 is 0 Å². The van der Waals surface area contributed by atoms with Crippen LogP contribution in [-0.2, 0) is 9.59 Å². The number of amides is 2. The van der Waals surface area contributed by atoms with Crippen molar-refractivity contribution in [2.45, 2.75) is 33.8 Å². The zero-order valence-electron chi connectivity index (χ0n) is 15.9. The number of nitrogens with zero attached hydrogens (tertiary/aromatic N) is 1. The van der Waals surface area contributed by atoms with Gasteiger partial charge in [-0.3, -0.25) is 9.59 Å². The third kappa shape index (κ3) is 5.58. The number of nitriles is 1. The zero-order chi connectivity index (χ0) is 20.0. The molecule has 0 radical (unpaired) electrons. The van der Waals surface area contributed by atoms with Crippen molar-refractivity contribution in [2.75, 3.05) is 11.9 Å². The average molecular weight is 365 g/mol. The van der Waals surface area contributed by atoms with Gasteiger partial charge in [-0.25, -0.2) is 0 Å². The summed E-state index contributed by atoms with van der Waals surface area (Å²) < 4.78 is 5.53. The van der Waals surface area contributed by atoms with Crippen LogP contribution in [0.2, 0.25) is 0 Å². The van der Waals surface area contributed by atoms with Crippen molar-refractivity contribution in [3.8, 4) is 11.8 Å². The highest BCUT2D eigenvalue weighted by atomic mass is 16.5. The first-order valence-corrected chi connectivity index (χ1v) is 8.62. The van der Waals surface area contributed by atoms with Gasteiger partial charge in [-0.15, -0.1) is 0 Å². The maximum Gasteiger partial charge on any atom is 0.261 e. The van der Waals surface area contributed by atoms with Gasteiger partial charge in [-0.05, 0) is 57.0 Å². The molecule has 0 aliphatic heterocycles. The molecule has 2 amide bonds. The van der Waals surface area contributed by atoms with Crippen LogP contribution in [0, 0.1) is 32.1 Å². The number of rotatable bonds is 6. The molecular formula is C21H23N3O3. The quantitative estimate of drug-likeness (QED) is 0.823. The Bertz CT molecular complexity index is 877. The Hall–Kier alpha value is -3.33. The predicted octanol–water partition coefficient (Wildman–Crippen LogP) is 3.01. The van der Waals surface area contributed by atoms with Gasteiger partial charge >= 0.3 is 0 Å². The molecule has 0 fully saturated rings. The highest BCUT2D eigenvalue weighted by Crippen LogP contribution is 2.21. The summed E-state index contributed by atoms with van der Waals surface area (Å²) in [5, 5.41) is 14.3. The molecule has 0 saturated heterocycles. The van der Waals surface area contributed by atoms with Crippen molar-refractivity contribution in [2.24, 2.45) is 0 Å². The Kier molecular flexibility index (Phi) is 6.56. The SMILES string of the molecule is Cc1cc(C)c(NC(=O)CNC(=O)C(C)Oc2cccc(C#N)c2)c(C)c1. The molecule has 140 valence electrons. The third-order valence-electron chi connectivity index (χ3n) is 4.01. The lowest BCUT2D eigenvalue weighted by atomic mass is 10.1. The van der Waals surface area contributed by atoms with Crippen molar-refractivity contribution in [3.05, 3.63) is 58.7 Å². The molecule has 0 heterocycles. The summed E-state index contributed by atoms with van der Waals surface area (Å²) in [5.74, 6) is -0.297. The Labute approximate surface area is 159 Å². The largest absolute Gasteiger partial charge is 0.481 e. The summed E-state index contributed by atoms with van der Waals surface area (Å²) in [7, 11) is 0. The van der Waals surface area contributed by atoms with E-state index < -0.39 is 12.0 Å². The van der Waals surface area contributed by atoms with E-state index in [9.17, 15) is 9.59 Å². The Morgan fingerprint density at radius 1 is 1.15 bits per heavy atom. The van der Waals surface area contributed by atoms with Crippen LogP contribution in [0.25, 0.3) is 0 Å².